The lowest BCUT2D eigenvalue weighted by molar-refractivity contribution is -0.116. The van der Waals surface area contributed by atoms with E-state index in [4.69, 9.17) is 0 Å². The fraction of sp³-hybridized carbons (Fsp3) is 0.176. The number of hydrogen-bond acceptors (Lipinski definition) is 4. The topological polar surface area (TPSA) is 107 Å². The van der Waals surface area contributed by atoms with Gasteiger partial charge >= 0.3 is 5.69 Å². The summed E-state index contributed by atoms with van der Waals surface area (Å²) in [6.45, 7) is -0.0882. The van der Waals surface area contributed by atoms with Gasteiger partial charge in [-0.2, -0.15) is 0 Å². The standard InChI is InChI=1S/C17H16N6O3/c1-21-15-14(16(25)22(2)17(21)26)23(9-19-15)8-13(24)20-11-3-4-12-10(7-11)5-6-18-12/h3-7,9,18H,8H2,1-2H3,(H,20,24). The van der Waals surface area contributed by atoms with Crippen molar-refractivity contribution in [3.63, 3.8) is 0 Å². The molecule has 26 heavy (non-hydrogen) atoms. The van der Waals surface area contributed by atoms with E-state index in [-0.39, 0.29) is 23.6 Å². The van der Waals surface area contributed by atoms with E-state index >= 15 is 0 Å². The maximum absolute atomic E-state index is 12.4. The number of nitrogens with one attached hydrogen (secondary N) is 2. The van der Waals surface area contributed by atoms with Crippen molar-refractivity contribution >= 4 is 33.7 Å². The third-order valence-electron chi connectivity index (χ3n) is 4.37. The molecule has 0 fully saturated rings. The van der Waals surface area contributed by atoms with Crippen molar-refractivity contribution in [2.45, 2.75) is 6.54 Å². The molecule has 0 saturated carbocycles. The summed E-state index contributed by atoms with van der Waals surface area (Å²) in [4.78, 5) is 43.9. The number of hydrogen-bond donors (Lipinski definition) is 2. The second-order valence-corrected chi connectivity index (χ2v) is 6.08. The van der Waals surface area contributed by atoms with Crippen LogP contribution < -0.4 is 16.6 Å². The van der Waals surface area contributed by atoms with Crippen LogP contribution in [0, 0.1) is 0 Å². The van der Waals surface area contributed by atoms with Crippen molar-refractivity contribution < 1.29 is 4.79 Å². The number of imidazole rings is 1. The van der Waals surface area contributed by atoms with Gasteiger partial charge in [-0.25, -0.2) is 9.78 Å². The second-order valence-electron chi connectivity index (χ2n) is 6.08. The number of benzene rings is 1. The molecule has 0 radical (unpaired) electrons. The fourth-order valence-corrected chi connectivity index (χ4v) is 3.00. The lowest BCUT2D eigenvalue weighted by Gasteiger charge is -2.08. The summed E-state index contributed by atoms with van der Waals surface area (Å²) in [7, 11) is 2.93. The third kappa shape index (κ3) is 2.41. The van der Waals surface area contributed by atoms with E-state index in [1.165, 1.54) is 29.6 Å². The molecule has 0 spiro atoms. The third-order valence-corrected chi connectivity index (χ3v) is 4.37. The molecular formula is C17H16N6O3. The number of nitrogens with zero attached hydrogens (tertiary/aromatic N) is 4. The molecule has 2 N–H and O–H groups in total. The van der Waals surface area contributed by atoms with Crippen LogP contribution in [-0.2, 0) is 25.4 Å². The van der Waals surface area contributed by atoms with E-state index in [2.05, 4.69) is 15.3 Å². The van der Waals surface area contributed by atoms with Gasteiger partial charge in [0.15, 0.2) is 11.2 Å². The van der Waals surface area contributed by atoms with Crippen LogP contribution in [0.5, 0.6) is 0 Å². The molecular weight excluding hydrogens is 336 g/mol. The average molecular weight is 352 g/mol. The monoisotopic (exact) mass is 352 g/mol. The van der Waals surface area contributed by atoms with E-state index in [0.29, 0.717) is 5.69 Å². The highest BCUT2D eigenvalue weighted by molar-refractivity contribution is 5.94. The summed E-state index contributed by atoms with van der Waals surface area (Å²) >= 11 is 0. The van der Waals surface area contributed by atoms with Crippen LogP contribution >= 0.6 is 0 Å². The smallest absolute Gasteiger partial charge is 0.332 e. The largest absolute Gasteiger partial charge is 0.361 e. The van der Waals surface area contributed by atoms with Gasteiger partial charge in [0.05, 0.1) is 6.33 Å². The molecule has 3 aromatic heterocycles. The van der Waals surface area contributed by atoms with Gasteiger partial charge in [0.2, 0.25) is 5.91 Å². The summed E-state index contributed by atoms with van der Waals surface area (Å²) in [5.74, 6) is -0.296. The highest BCUT2D eigenvalue weighted by Crippen LogP contribution is 2.18. The quantitative estimate of drug-likeness (QED) is 0.561. The molecule has 0 aliphatic carbocycles. The van der Waals surface area contributed by atoms with Gasteiger partial charge in [0.1, 0.15) is 6.54 Å². The molecule has 4 rings (SSSR count). The van der Waals surface area contributed by atoms with Crippen molar-refractivity contribution in [2.24, 2.45) is 14.1 Å². The minimum Gasteiger partial charge on any atom is -0.361 e. The summed E-state index contributed by atoms with van der Waals surface area (Å²) in [6, 6.07) is 7.45. The number of carbonyl (C=O) groups is 1. The first-order valence-corrected chi connectivity index (χ1v) is 7.93. The van der Waals surface area contributed by atoms with Crippen LogP contribution in [0.1, 0.15) is 0 Å². The van der Waals surface area contributed by atoms with Gasteiger partial charge in [0, 0.05) is 36.9 Å². The Hall–Kier alpha value is -3.62. The van der Waals surface area contributed by atoms with Gasteiger partial charge in [-0.15, -0.1) is 0 Å². The Balaban J connectivity index is 1.65. The normalized spacial score (nSPS) is 11.3. The van der Waals surface area contributed by atoms with Crippen molar-refractivity contribution in [3.8, 4) is 0 Å². The van der Waals surface area contributed by atoms with E-state index in [1.54, 1.807) is 6.07 Å². The predicted molar refractivity (Wildman–Crippen MR) is 97.1 cm³/mol. The first kappa shape index (κ1) is 15.9. The van der Waals surface area contributed by atoms with Crippen molar-refractivity contribution in [2.75, 3.05) is 5.32 Å². The maximum atomic E-state index is 12.4. The molecule has 0 unspecified atom stereocenters. The number of aromatic amines is 1. The Morgan fingerprint density at radius 3 is 2.81 bits per heavy atom. The summed E-state index contributed by atoms with van der Waals surface area (Å²) in [5, 5.41) is 3.79. The maximum Gasteiger partial charge on any atom is 0.332 e. The van der Waals surface area contributed by atoms with Gasteiger partial charge in [-0.1, -0.05) is 0 Å². The Bertz CT molecular complexity index is 1270. The highest BCUT2D eigenvalue weighted by atomic mass is 16.2. The van der Waals surface area contributed by atoms with Gasteiger partial charge < -0.3 is 14.9 Å². The van der Waals surface area contributed by atoms with Gasteiger partial charge in [0.25, 0.3) is 5.56 Å². The van der Waals surface area contributed by atoms with E-state index < -0.39 is 11.2 Å². The predicted octanol–water partition coefficient (Wildman–Crippen LogP) is 0.554. The molecule has 1 amide bonds. The summed E-state index contributed by atoms with van der Waals surface area (Å²) < 4.78 is 3.73. The molecule has 1 aromatic carbocycles. The van der Waals surface area contributed by atoms with Crippen LogP contribution in [0.4, 0.5) is 5.69 Å². The molecule has 132 valence electrons. The van der Waals surface area contributed by atoms with Gasteiger partial charge in [-0.3, -0.25) is 18.7 Å². The van der Waals surface area contributed by atoms with E-state index in [0.717, 1.165) is 15.5 Å². The zero-order valence-corrected chi connectivity index (χ0v) is 14.2. The number of H-pyrrole nitrogens is 1. The molecule has 3 heterocycles. The molecule has 9 nitrogen and oxygen atoms in total. The zero-order chi connectivity index (χ0) is 18.4. The zero-order valence-electron chi connectivity index (χ0n) is 14.2. The van der Waals surface area contributed by atoms with Gasteiger partial charge in [-0.05, 0) is 24.3 Å². The molecule has 9 heteroatoms. The number of aromatic nitrogens is 5. The van der Waals surface area contributed by atoms with Crippen LogP contribution in [0.25, 0.3) is 22.1 Å². The Morgan fingerprint density at radius 2 is 2.00 bits per heavy atom. The molecule has 0 aliphatic rings. The van der Waals surface area contributed by atoms with Crippen LogP contribution in [0.3, 0.4) is 0 Å². The number of rotatable bonds is 3. The minimum atomic E-state index is -0.484. The molecule has 4 aromatic rings. The summed E-state index contributed by atoms with van der Waals surface area (Å²) in [5.41, 5.74) is 1.16. The van der Waals surface area contributed by atoms with Crippen molar-refractivity contribution in [3.05, 3.63) is 57.6 Å². The lowest BCUT2D eigenvalue weighted by atomic mass is 10.2. The lowest BCUT2D eigenvalue weighted by Crippen LogP contribution is -2.37. The molecule has 0 aliphatic heterocycles. The van der Waals surface area contributed by atoms with E-state index in [1.807, 2.05) is 24.4 Å². The number of aryl methyl sites for hydroxylation is 1. The number of carbonyl (C=O) groups excluding carboxylic acids is 1. The van der Waals surface area contributed by atoms with Crippen LogP contribution in [0.15, 0.2) is 46.4 Å². The first-order chi connectivity index (χ1) is 12.5. The summed E-state index contributed by atoms with van der Waals surface area (Å²) in [6.07, 6.45) is 3.22. The van der Waals surface area contributed by atoms with Crippen molar-refractivity contribution in [1.29, 1.82) is 0 Å². The number of amides is 1. The van der Waals surface area contributed by atoms with Crippen molar-refractivity contribution in [1.82, 2.24) is 23.7 Å². The minimum absolute atomic E-state index is 0.0882. The number of fused-ring (bicyclic) bond motifs is 2. The Labute approximate surface area is 146 Å². The molecule has 0 saturated heterocycles. The van der Waals surface area contributed by atoms with Crippen LogP contribution in [-0.4, -0.2) is 29.6 Å². The van der Waals surface area contributed by atoms with E-state index in [9.17, 15) is 14.4 Å². The number of anilines is 1. The molecule has 0 atom stereocenters. The second kappa shape index (κ2) is 5.73. The Kier molecular flexibility index (Phi) is 3.50. The average Bonchev–Trinajstić information content (AvgIpc) is 3.24. The first-order valence-electron chi connectivity index (χ1n) is 7.93. The fourth-order valence-electron chi connectivity index (χ4n) is 3.00. The Morgan fingerprint density at radius 1 is 1.19 bits per heavy atom. The molecule has 0 bridgehead atoms. The van der Waals surface area contributed by atoms with Crippen LogP contribution in [0.2, 0.25) is 0 Å². The highest BCUT2D eigenvalue weighted by Gasteiger charge is 2.16. The SMILES string of the molecule is Cn1c(=O)c2c(ncn2CC(=O)Nc2ccc3[nH]ccc3c2)n(C)c1=O.